The summed E-state index contributed by atoms with van der Waals surface area (Å²) in [5, 5.41) is 5.55. The maximum absolute atomic E-state index is 12.8. The van der Waals surface area contributed by atoms with Crippen molar-refractivity contribution in [3.8, 4) is 0 Å². The van der Waals surface area contributed by atoms with Crippen molar-refractivity contribution in [1.29, 1.82) is 0 Å². The van der Waals surface area contributed by atoms with Crippen LogP contribution in [0.5, 0.6) is 0 Å². The van der Waals surface area contributed by atoms with E-state index in [2.05, 4.69) is 20.6 Å². The van der Waals surface area contributed by atoms with E-state index in [0.29, 0.717) is 0 Å². The molecule has 0 spiro atoms. The number of anilines is 2. The summed E-state index contributed by atoms with van der Waals surface area (Å²) in [6, 6.07) is 9.81. The molecule has 0 aliphatic heterocycles. The smallest absolute Gasteiger partial charge is 0.370 e. The highest BCUT2D eigenvalue weighted by Crippen LogP contribution is 2.33. The Morgan fingerprint density at radius 1 is 1.24 bits per heavy atom. The number of nitrogens with one attached hydrogen (secondary N) is 2. The summed E-state index contributed by atoms with van der Waals surface area (Å²) < 4.78 is 38.5. The van der Waals surface area contributed by atoms with Gasteiger partial charge in [0, 0.05) is 18.4 Å². The molecule has 0 aliphatic rings. The molecule has 1 aromatic carbocycles. The molecule has 0 fully saturated rings. The number of guanidine groups is 1. The Labute approximate surface area is 161 Å². The van der Waals surface area contributed by atoms with Gasteiger partial charge in [-0.05, 0) is 36.8 Å². The molecule has 25 heavy (non-hydrogen) atoms. The number of hydrogen-bond acceptors (Lipinski definition) is 3. The fraction of sp³-hybridized carbons (Fsp3) is 0.250. The molecular weight excluding hydrogens is 446 g/mol. The number of nitrogens with two attached hydrogens (primary N) is 1. The van der Waals surface area contributed by atoms with E-state index >= 15 is 0 Å². The van der Waals surface area contributed by atoms with E-state index in [-0.39, 0.29) is 48.8 Å². The van der Waals surface area contributed by atoms with E-state index in [9.17, 15) is 13.2 Å². The molecule has 1 aromatic heterocycles. The lowest BCUT2D eigenvalue weighted by atomic mass is 10.2. The van der Waals surface area contributed by atoms with Crippen LogP contribution in [0.4, 0.5) is 24.7 Å². The lowest BCUT2D eigenvalue weighted by molar-refractivity contribution is -0.137. The van der Waals surface area contributed by atoms with E-state index in [1.54, 1.807) is 0 Å². The first-order valence-electron chi connectivity index (χ1n) is 7.26. The largest absolute Gasteiger partial charge is 0.419 e. The predicted octanol–water partition coefficient (Wildman–Crippen LogP) is 3.87. The number of halogens is 4. The van der Waals surface area contributed by atoms with Crippen LogP contribution in [0.3, 0.4) is 0 Å². The molecule has 2 aromatic rings. The third kappa shape index (κ3) is 6.77. The average molecular weight is 465 g/mol. The maximum atomic E-state index is 12.8. The van der Waals surface area contributed by atoms with Crippen LogP contribution >= 0.6 is 24.0 Å². The molecule has 136 valence electrons. The molecular formula is C16H19F3IN5. The number of aryl methyl sites for hydroxylation is 1. The quantitative estimate of drug-likeness (QED) is 0.271. The van der Waals surface area contributed by atoms with Crippen LogP contribution in [-0.2, 0) is 6.18 Å². The number of pyridine rings is 1. The second kappa shape index (κ2) is 9.44. The number of aliphatic imine (C=N–C) groups is 1. The van der Waals surface area contributed by atoms with Crippen LogP contribution in [0.25, 0.3) is 0 Å². The van der Waals surface area contributed by atoms with E-state index in [1.807, 2.05) is 31.2 Å². The number of hydrogen-bond donors (Lipinski definition) is 3. The lowest BCUT2D eigenvalue weighted by Crippen LogP contribution is -2.24. The Kier molecular flexibility index (Phi) is 7.94. The van der Waals surface area contributed by atoms with Gasteiger partial charge in [-0.1, -0.05) is 12.1 Å². The Bertz CT molecular complexity index is 719. The average Bonchev–Trinajstić information content (AvgIpc) is 2.51. The van der Waals surface area contributed by atoms with Gasteiger partial charge in [-0.15, -0.1) is 24.0 Å². The zero-order valence-electron chi connectivity index (χ0n) is 13.5. The van der Waals surface area contributed by atoms with Crippen molar-refractivity contribution in [2.24, 2.45) is 10.7 Å². The number of alkyl halides is 3. The summed E-state index contributed by atoms with van der Waals surface area (Å²) >= 11 is 0. The second-order valence-electron chi connectivity index (χ2n) is 5.09. The van der Waals surface area contributed by atoms with Crippen molar-refractivity contribution in [3.05, 3.63) is 53.7 Å². The summed E-state index contributed by atoms with van der Waals surface area (Å²) in [5.41, 5.74) is 6.82. The Balaban J connectivity index is 0.00000312. The second-order valence-corrected chi connectivity index (χ2v) is 5.09. The highest BCUT2D eigenvalue weighted by Gasteiger charge is 2.33. The molecule has 0 saturated heterocycles. The highest BCUT2D eigenvalue weighted by atomic mass is 127. The fourth-order valence-corrected chi connectivity index (χ4v) is 2.04. The molecule has 0 aliphatic carbocycles. The van der Waals surface area contributed by atoms with Gasteiger partial charge in [0.15, 0.2) is 5.96 Å². The Morgan fingerprint density at radius 2 is 2.00 bits per heavy atom. The zero-order valence-corrected chi connectivity index (χ0v) is 15.8. The molecule has 5 nitrogen and oxygen atoms in total. The normalized spacial score (nSPS) is 11.6. The van der Waals surface area contributed by atoms with Crippen molar-refractivity contribution < 1.29 is 13.2 Å². The summed E-state index contributed by atoms with van der Waals surface area (Å²) in [7, 11) is 0. The summed E-state index contributed by atoms with van der Waals surface area (Å²) in [4.78, 5) is 7.78. The molecule has 0 radical (unpaired) electrons. The molecule has 9 heteroatoms. The molecule has 0 amide bonds. The number of aromatic nitrogens is 1. The number of nitrogens with zero attached hydrogens (tertiary/aromatic N) is 2. The number of benzene rings is 1. The molecule has 0 unspecified atom stereocenters. The van der Waals surface area contributed by atoms with Crippen molar-refractivity contribution in [2.45, 2.75) is 13.1 Å². The van der Waals surface area contributed by atoms with Crippen LogP contribution < -0.4 is 16.4 Å². The lowest BCUT2D eigenvalue weighted by Gasteiger charge is -2.12. The first kappa shape index (κ1) is 21.0. The maximum Gasteiger partial charge on any atom is 0.419 e. The van der Waals surface area contributed by atoms with Gasteiger partial charge in [0.1, 0.15) is 5.82 Å². The van der Waals surface area contributed by atoms with E-state index < -0.39 is 11.7 Å². The molecule has 0 saturated carbocycles. The third-order valence-electron chi connectivity index (χ3n) is 3.09. The summed E-state index contributed by atoms with van der Waals surface area (Å²) in [6.07, 6.45) is -3.15. The van der Waals surface area contributed by atoms with Gasteiger partial charge in [0.05, 0.1) is 12.1 Å². The topological polar surface area (TPSA) is 75.3 Å². The Hall–Kier alpha value is -2.04. The zero-order chi connectivity index (χ0) is 17.6. The van der Waals surface area contributed by atoms with Crippen molar-refractivity contribution in [2.75, 3.05) is 23.7 Å². The molecule has 0 atom stereocenters. The molecule has 1 heterocycles. The van der Waals surface area contributed by atoms with E-state index in [1.165, 1.54) is 12.3 Å². The predicted molar refractivity (Wildman–Crippen MR) is 104 cm³/mol. The van der Waals surface area contributed by atoms with Crippen molar-refractivity contribution >= 4 is 41.4 Å². The summed E-state index contributed by atoms with van der Waals surface area (Å²) in [6.45, 7) is 2.34. The SMILES string of the molecule is Cc1cccc(NC(N)=NCCNc2ncccc2C(F)(F)F)c1.I. The summed E-state index contributed by atoms with van der Waals surface area (Å²) in [5.74, 6) is -0.0233. The van der Waals surface area contributed by atoms with Gasteiger partial charge in [-0.3, -0.25) is 4.99 Å². The molecule has 0 bridgehead atoms. The van der Waals surface area contributed by atoms with Crippen LogP contribution in [0, 0.1) is 6.92 Å². The van der Waals surface area contributed by atoms with Crippen LogP contribution in [0.15, 0.2) is 47.6 Å². The van der Waals surface area contributed by atoms with E-state index in [4.69, 9.17) is 5.73 Å². The van der Waals surface area contributed by atoms with Gasteiger partial charge < -0.3 is 16.4 Å². The minimum Gasteiger partial charge on any atom is -0.370 e. The minimum atomic E-state index is -4.45. The third-order valence-corrected chi connectivity index (χ3v) is 3.09. The monoisotopic (exact) mass is 465 g/mol. The van der Waals surface area contributed by atoms with Crippen molar-refractivity contribution in [1.82, 2.24) is 4.98 Å². The minimum absolute atomic E-state index is 0. The van der Waals surface area contributed by atoms with E-state index in [0.717, 1.165) is 17.3 Å². The van der Waals surface area contributed by atoms with Crippen molar-refractivity contribution in [3.63, 3.8) is 0 Å². The molecule has 2 rings (SSSR count). The fourth-order valence-electron chi connectivity index (χ4n) is 2.04. The first-order chi connectivity index (χ1) is 11.4. The van der Waals surface area contributed by atoms with Gasteiger partial charge in [0.25, 0.3) is 0 Å². The standard InChI is InChI=1S/C16H18F3N5.HI/c1-11-4-2-5-12(10-11)24-15(20)23-9-8-22-14-13(16(17,18)19)6-3-7-21-14;/h2-7,10H,8-9H2,1H3,(H,21,22)(H3,20,23,24);1H. The van der Waals surface area contributed by atoms with Gasteiger partial charge in [-0.2, -0.15) is 13.2 Å². The van der Waals surface area contributed by atoms with Crippen LogP contribution in [0.1, 0.15) is 11.1 Å². The van der Waals surface area contributed by atoms with Crippen LogP contribution in [-0.4, -0.2) is 24.0 Å². The first-order valence-corrected chi connectivity index (χ1v) is 7.26. The van der Waals surface area contributed by atoms with Crippen LogP contribution in [0.2, 0.25) is 0 Å². The molecule has 4 N–H and O–H groups in total. The highest BCUT2D eigenvalue weighted by molar-refractivity contribution is 14.0. The van der Waals surface area contributed by atoms with Gasteiger partial charge >= 0.3 is 6.18 Å². The van der Waals surface area contributed by atoms with Gasteiger partial charge in [0.2, 0.25) is 0 Å². The Morgan fingerprint density at radius 3 is 2.68 bits per heavy atom. The number of rotatable bonds is 5. The van der Waals surface area contributed by atoms with Gasteiger partial charge in [-0.25, -0.2) is 4.98 Å².